The molecule has 1 aliphatic rings. The van der Waals surface area contributed by atoms with Gasteiger partial charge in [-0.2, -0.15) is 0 Å². The minimum atomic E-state index is -1.58. The Balaban J connectivity index is 1.93. The number of unbranched alkanes of at least 4 members (excludes halogenated alkanes) is 45. The van der Waals surface area contributed by atoms with Gasteiger partial charge in [-0.3, -0.25) is 9.59 Å². The molecule has 0 spiro atoms. The molecule has 1 amide bonds. The molecule has 1 aliphatic heterocycles. The molecule has 0 radical (unpaired) electrons. The molecule has 1 rings (SSSR count). The van der Waals surface area contributed by atoms with Gasteiger partial charge in [0.25, 0.3) is 0 Å². The molecular formula is C84H151NO10. The number of carbonyl (C=O) groups is 2. The average Bonchev–Trinajstić information content (AvgIpc) is 0.849. The molecule has 11 heteroatoms. The predicted molar refractivity (Wildman–Crippen MR) is 402 cm³/mol. The molecule has 1 saturated heterocycles. The summed E-state index contributed by atoms with van der Waals surface area (Å²) in [5, 5.41) is 54.6. The second-order valence-corrected chi connectivity index (χ2v) is 27.7. The summed E-state index contributed by atoms with van der Waals surface area (Å²) in [6, 6.07) is -0.835. The minimum absolute atomic E-state index is 0.00138. The number of carbonyl (C=O) groups excluding carboxylic acids is 2. The monoisotopic (exact) mass is 1330 g/mol. The molecule has 0 aromatic carbocycles. The quantitative estimate of drug-likeness (QED) is 0.0195. The summed E-state index contributed by atoms with van der Waals surface area (Å²) in [6.45, 7) is 4.28. The van der Waals surface area contributed by atoms with E-state index in [4.69, 9.17) is 14.2 Å². The third-order valence-corrected chi connectivity index (χ3v) is 18.7. The van der Waals surface area contributed by atoms with Crippen LogP contribution in [-0.4, -0.2) is 100 Å². The van der Waals surface area contributed by atoms with E-state index in [1.807, 2.05) is 6.08 Å². The van der Waals surface area contributed by atoms with Gasteiger partial charge in [-0.25, -0.2) is 0 Å². The van der Waals surface area contributed by atoms with Gasteiger partial charge in [0.2, 0.25) is 5.91 Å². The van der Waals surface area contributed by atoms with Gasteiger partial charge in [0.1, 0.15) is 24.4 Å². The Morgan fingerprint density at radius 2 is 0.737 bits per heavy atom. The Bertz CT molecular complexity index is 1860. The van der Waals surface area contributed by atoms with Crippen molar-refractivity contribution in [1.29, 1.82) is 0 Å². The van der Waals surface area contributed by atoms with E-state index < -0.39 is 49.5 Å². The maximum absolute atomic E-state index is 13.1. The number of aliphatic hydroxyl groups excluding tert-OH is 5. The van der Waals surface area contributed by atoms with E-state index in [1.54, 1.807) is 6.08 Å². The molecule has 11 nitrogen and oxygen atoms in total. The number of ether oxygens (including phenoxy) is 3. The fourth-order valence-corrected chi connectivity index (χ4v) is 12.4. The van der Waals surface area contributed by atoms with Crippen molar-refractivity contribution in [2.24, 2.45) is 0 Å². The van der Waals surface area contributed by atoms with Crippen molar-refractivity contribution in [3.05, 3.63) is 85.1 Å². The second-order valence-electron chi connectivity index (χ2n) is 27.7. The zero-order valence-electron chi connectivity index (χ0n) is 61.6. The second kappa shape index (κ2) is 72.1. The molecule has 0 aromatic rings. The lowest BCUT2D eigenvalue weighted by Crippen LogP contribution is -2.60. The van der Waals surface area contributed by atoms with E-state index >= 15 is 0 Å². The van der Waals surface area contributed by atoms with Crippen LogP contribution in [0.2, 0.25) is 0 Å². The molecule has 1 heterocycles. The Labute approximate surface area is 584 Å². The highest BCUT2D eigenvalue weighted by molar-refractivity contribution is 5.76. The van der Waals surface area contributed by atoms with Crippen molar-refractivity contribution < 1.29 is 49.3 Å². The number of esters is 1. The smallest absolute Gasteiger partial charge is 0.305 e. The van der Waals surface area contributed by atoms with Crippen LogP contribution in [0.15, 0.2) is 85.1 Å². The first-order chi connectivity index (χ1) is 46.7. The highest BCUT2D eigenvalue weighted by Gasteiger charge is 2.44. The fraction of sp³-hybridized carbons (Fsp3) is 0.810. The van der Waals surface area contributed by atoms with E-state index in [1.165, 1.54) is 263 Å². The number of nitrogens with one attached hydrogen (secondary N) is 1. The number of aliphatic hydroxyl groups is 5. The summed E-state index contributed by atoms with van der Waals surface area (Å²) >= 11 is 0. The molecule has 0 saturated carbocycles. The lowest BCUT2D eigenvalue weighted by molar-refractivity contribution is -0.302. The van der Waals surface area contributed by atoms with Crippen molar-refractivity contribution in [2.75, 3.05) is 19.8 Å². The van der Waals surface area contributed by atoms with E-state index in [0.717, 1.165) is 83.5 Å². The lowest BCUT2D eigenvalue weighted by atomic mass is 9.99. The van der Waals surface area contributed by atoms with Crippen molar-refractivity contribution >= 4 is 11.9 Å². The molecule has 0 bridgehead atoms. The molecular weight excluding hydrogens is 1180 g/mol. The van der Waals surface area contributed by atoms with Crippen molar-refractivity contribution in [2.45, 2.75) is 416 Å². The van der Waals surface area contributed by atoms with Crippen LogP contribution < -0.4 is 5.32 Å². The lowest BCUT2D eigenvalue weighted by Gasteiger charge is -2.40. The summed E-state index contributed by atoms with van der Waals surface area (Å²) in [7, 11) is 0. The normalized spacial score (nSPS) is 17.8. The van der Waals surface area contributed by atoms with Crippen molar-refractivity contribution in [1.82, 2.24) is 5.32 Å². The van der Waals surface area contributed by atoms with E-state index in [2.05, 4.69) is 92.1 Å². The first kappa shape index (κ1) is 89.9. The zero-order chi connectivity index (χ0) is 68.6. The molecule has 0 aromatic heterocycles. The fourth-order valence-electron chi connectivity index (χ4n) is 12.4. The van der Waals surface area contributed by atoms with E-state index in [9.17, 15) is 35.1 Å². The Hall–Kier alpha value is -3.16. The van der Waals surface area contributed by atoms with Gasteiger partial charge in [-0.05, 0) is 116 Å². The maximum atomic E-state index is 13.1. The molecule has 95 heavy (non-hydrogen) atoms. The summed E-state index contributed by atoms with van der Waals surface area (Å²) in [5.74, 6) is -0.194. The van der Waals surface area contributed by atoms with Crippen LogP contribution in [0.25, 0.3) is 0 Å². The summed E-state index contributed by atoms with van der Waals surface area (Å²) in [5.41, 5.74) is 0. The minimum Gasteiger partial charge on any atom is -0.466 e. The highest BCUT2D eigenvalue weighted by atomic mass is 16.7. The van der Waals surface area contributed by atoms with Gasteiger partial charge >= 0.3 is 5.97 Å². The molecule has 6 N–H and O–H groups in total. The topological polar surface area (TPSA) is 175 Å². The highest BCUT2D eigenvalue weighted by Crippen LogP contribution is 2.23. The first-order valence-electron chi connectivity index (χ1n) is 40.4. The summed E-state index contributed by atoms with van der Waals surface area (Å²) in [4.78, 5) is 25.2. The van der Waals surface area contributed by atoms with E-state index in [0.29, 0.717) is 19.4 Å². The first-order valence-corrected chi connectivity index (χ1v) is 40.4. The van der Waals surface area contributed by atoms with Crippen molar-refractivity contribution in [3.63, 3.8) is 0 Å². The van der Waals surface area contributed by atoms with Crippen LogP contribution in [0.1, 0.15) is 373 Å². The maximum Gasteiger partial charge on any atom is 0.305 e. The number of hydrogen-bond donors (Lipinski definition) is 6. The van der Waals surface area contributed by atoms with Crippen LogP contribution >= 0.6 is 0 Å². The van der Waals surface area contributed by atoms with Gasteiger partial charge in [-0.15, -0.1) is 0 Å². The van der Waals surface area contributed by atoms with Crippen LogP contribution in [0, 0.1) is 0 Å². The van der Waals surface area contributed by atoms with Crippen LogP contribution in [0.4, 0.5) is 0 Å². The van der Waals surface area contributed by atoms with Gasteiger partial charge < -0.3 is 45.1 Å². The molecule has 1 fully saturated rings. The Morgan fingerprint density at radius 3 is 1.15 bits per heavy atom. The Kier molecular flexibility index (Phi) is 68.2. The standard InChI is InChI=1S/C84H151NO10/c1-3-5-7-9-11-13-15-17-43-47-50-54-58-62-66-70-77(87)76(75-94-84-83(92)82(91)81(90)78(74-86)95-84)85-79(88)71-67-63-59-55-51-48-44-41-39-37-35-33-31-29-27-25-23-21-19-18-20-22-24-26-28-30-32-34-36-38-40-42-45-49-53-57-61-65-69-73-93-80(89)72-68-64-60-56-52-46-16-14-12-10-8-6-4-2/h8,10,14-19,22,24,50,54,66,70,76-78,81-84,86-87,90-92H,3-7,9,11-13,20-21,23,25-49,51-53,55-65,67-69,71-75H2,1-2H3,(H,85,88)/b10-8-,16-14-,17-15+,19-18-,24-22-,54-50+,70-66+. The van der Waals surface area contributed by atoms with Gasteiger partial charge in [0.15, 0.2) is 6.29 Å². The van der Waals surface area contributed by atoms with Crippen molar-refractivity contribution in [3.8, 4) is 0 Å². The summed E-state index contributed by atoms with van der Waals surface area (Å²) in [6.07, 6.45) is 90.4. The molecule has 7 atom stereocenters. The molecule has 7 unspecified atom stereocenters. The number of allylic oxidation sites excluding steroid dienone is 13. The third kappa shape index (κ3) is 60.5. The third-order valence-electron chi connectivity index (χ3n) is 18.7. The van der Waals surface area contributed by atoms with Crippen LogP contribution in [-0.2, 0) is 23.8 Å². The van der Waals surface area contributed by atoms with E-state index in [-0.39, 0.29) is 18.5 Å². The van der Waals surface area contributed by atoms with Crippen LogP contribution in [0.5, 0.6) is 0 Å². The zero-order valence-corrected chi connectivity index (χ0v) is 61.6. The van der Waals surface area contributed by atoms with Crippen LogP contribution in [0.3, 0.4) is 0 Å². The Morgan fingerprint density at radius 1 is 0.389 bits per heavy atom. The van der Waals surface area contributed by atoms with Gasteiger partial charge in [-0.1, -0.05) is 330 Å². The number of hydrogen-bond acceptors (Lipinski definition) is 10. The summed E-state index contributed by atoms with van der Waals surface area (Å²) < 4.78 is 16.7. The van der Waals surface area contributed by atoms with Gasteiger partial charge in [0, 0.05) is 12.8 Å². The SMILES string of the molecule is CCC/C=C\C/C=C\CCCCCCCC(=O)OCCCCCCCCCCCCCCCCC/C=C\C/C=C\CCCCCCCCCCCCCCCCCCCC(=O)NC(COC1OC(CO)C(O)C(O)C1O)C(O)/C=C/CC/C=C/CC/C=C/CCCCCCC. The number of rotatable bonds is 71. The number of amides is 1. The molecule has 552 valence electrons. The average molecular weight is 1340 g/mol. The predicted octanol–water partition coefficient (Wildman–Crippen LogP) is 22.0. The largest absolute Gasteiger partial charge is 0.466 e. The molecule has 0 aliphatic carbocycles. The van der Waals surface area contributed by atoms with Gasteiger partial charge in [0.05, 0.1) is 32.0 Å².